The zero-order valence-electron chi connectivity index (χ0n) is 13.6. The van der Waals surface area contributed by atoms with Gasteiger partial charge in [-0.3, -0.25) is 4.79 Å². The molecule has 0 unspecified atom stereocenters. The minimum atomic E-state index is -0.0627. The number of amides is 1. The van der Waals surface area contributed by atoms with Gasteiger partial charge in [0.05, 0.1) is 13.2 Å². The topological polar surface area (TPSA) is 67.4 Å². The molecule has 0 radical (unpaired) electrons. The fourth-order valence-electron chi connectivity index (χ4n) is 2.39. The fraction of sp³-hybridized carbons (Fsp3) is 0.278. The number of benzene rings is 1. The van der Waals surface area contributed by atoms with Crippen LogP contribution in [0.1, 0.15) is 10.4 Å². The summed E-state index contributed by atoms with van der Waals surface area (Å²) < 4.78 is 5.28. The lowest BCUT2D eigenvalue weighted by molar-refractivity contribution is 0.0303. The number of aromatic nitrogens is 2. The summed E-state index contributed by atoms with van der Waals surface area (Å²) in [5.41, 5.74) is 1.41. The number of terminal acetylenes is 1. The monoisotopic (exact) mass is 324 g/mol. The molecule has 6 nitrogen and oxygen atoms in total. The molecule has 0 spiro atoms. The highest BCUT2D eigenvalue weighted by Crippen LogP contribution is 2.20. The van der Waals surface area contributed by atoms with E-state index in [0.29, 0.717) is 43.5 Å². The van der Waals surface area contributed by atoms with E-state index in [2.05, 4.69) is 28.1 Å². The van der Waals surface area contributed by atoms with E-state index in [9.17, 15) is 4.79 Å². The van der Waals surface area contributed by atoms with Crippen LogP contribution in [0.3, 0.4) is 0 Å². The van der Waals surface area contributed by atoms with E-state index in [1.165, 1.54) is 0 Å². The van der Waals surface area contributed by atoms with Gasteiger partial charge in [-0.15, -0.1) is 12.8 Å². The molecule has 0 saturated carbocycles. The minimum Gasteiger partial charge on any atom is -0.378 e. The van der Waals surface area contributed by atoms with Gasteiger partial charge in [-0.1, -0.05) is 30.3 Å². The summed E-state index contributed by atoms with van der Waals surface area (Å²) in [7, 11) is 1.76. The van der Waals surface area contributed by atoms with Gasteiger partial charge < -0.3 is 15.0 Å². The molecule has 24 heavy (non-hydrogen) atoms. The summed E-state index contributed by atoms with van der Waals surface area (Å²) in [5, 5.41) is 3.00. The van der Waals surface area contributed by atoms with Gasteiger partial charge in [0.2, 0.25) is 0 Å². The van der Waals surface area contributed by atoms with Crippen molar-refractivity contribution >= 4 is 11.7 Å². The molecule has 3 rings (SSSR count). The van der Waals surface area contributed by atoms with Crippen LogP contribution in [0, 0.1) is 12.8 Å². The van der Waals surface area contributed by atoms with E-state index in [1.54, 1.807) is 18.1 Å². The molecule has 0 bridgehead atoms. The maximum Gasteiger partial charge on any atom is 0.259 e. The first kappa shape index (κ1) is 17.4. The zero-order chi connectivity index (χ0) is 17.4. The highest BCUT2D eigenvalue weighted by molar-refractivity contribution is 5.98. The van der Waals surface area contributed by atoms with Gasteiger partial charge in [0, 0.05) is 31.9 Å². The largest absolute Gasteiger partial charge is 0.378 e. The maximum absolute atomic E-state index is 12.6. The predicted octanol–water partition coefficient (Wildman–Crippen LogP) is 1.91. The summed E-state index contributed by atoms with van der Waals surface area (Å²) in [6.07, 6.45) is 9.60. The number of hydrogen-bond donors (Lipinski definition) is 1. The first-order valence-electron chi connectivity index (χ1n) is 7.60. The molecule has 0 aliphatic carbocycles. The molecular weight excluding hydrogens is 304 g/mol. The van der Waals surface area contributed by atoms with Crippen molar-refractivity contribution in [3.8, 4) is 24.2 Å². The van der Waals surface area contributed by atoms with Crippen LogP contribution in [0.5, 0.6) is 0 Å². The molecule has 1 saturated heterocycles. The van der Waals surface area contributed by atoms with Crippen LogP contribution in [0.4, 0.5) is 5.82 Å². The van der Waals surface area contributed by atoms with Crippen LogP contribution in [0.2, 0.25) is 0 Å². The van der Waals surface area contributed by atoms with E-state index in [-0.39, 0.29) is 5.91 Å². The molecular formula is C18H20N4O2. The molecule has 124 valence electrons. The third-order valence-electron chi connectivity index (χ3n) is 3.59. The van der Waals surface area contributed by atoms with E-state index in [4.69, 9.17) is 4.74 Å². The van der Waals surface area contributed by atoms with Crippen LogP contribution in [-0.2, 0) is 4.74 Å². The van der Waals surface area contributed by atoms with E-state index in [1.807, 2.05) is 30.3 Å². The second-order valence-electron chi connectivity index (χ2n) is 4.98. The number of rotatable bonds is 3. The summed E-state index contributed by atoms with van der Waals surface area (Å²) >= 11 is 0. The van der Waals surface area contributed by atoms with E-state index in [0.717, 1.165) is 5.56 Å². The number of ether oxygens (including phenoxy) is 1. The Balaban J connectivity index is 0.00000100. The molecule has 1 fully saturated rings. The van der Waals surface area contributed by atoms with E-state index < -0.39 is 0 Å². The predicted molar refractivity (Wildman–Crippen MR) is 93.6 cm³/mol. The summed E-state index contributed by atoms with van der Waals surface area (Å²) in [4.78, 5) is 23.2. The number of nitrogens with one attached hydrogen (secondary N) is 1. The highest BCUT2D eigenvalue weighted by atomic mass is 16.5. The Morgan fingerprint density at radius 1 is 1.21 bits per heavy atom. The van der Waals surface area contributed by atoms with Gasteiger partial charge in [-0.05, 0) is 0 Å². The van der Waals surface area contributed by atoms with Crippen LogP contribution in [-0.4, -0.2) is 54.1 Å². The number of morpholine rings is 1. The van der Waals surface area contributed by atoms with Crippen molar-refractivity contribution in [1.82, 2.24) is 14.9 Å². The van der Waals surface area contributed by atoms with Crippen molar-refractivity contribution in [3.63, 3.8) is 0 Å². The first-order chi connectivity index (χ1) is 11.8. The average Bonchev–Trinajstić information content (AvgIpc) is 2.70. The van der Waals surface area contributed by atoms with Crippen LogP contribution in [0.25, 0.3) is 11.4 Å². The maximum atomic E-state index is 12.6. The molecule has 2 aromatic rings. The summed E-state index contributed by atoms with van der Waals surface area (Å²) in [6, 6.07) is 9.70. The van der Waals surface area contributed by atoms with Gasteiger partial charge in [0.1, 0.15) is 11.4 Å². The quantitative estimate of drug-likeness (QED) is 0.874. The summed E-state index contributed by atoms with van der Waals surface area (Å²) in [6.45, 7) is 2.35. The van der Waals surface area contributed by atoms with Crippen molar-refractivity contribution in [2.45, 2.75) is 0 Å². The minimum absolute atomic E-state index is 0.0627. The zero-order valence-corrected chi connectivity index (χ0v) is 13.6. The van der Waals surface area contributed by atoms with Crippen LogP contribution in [0.15, 0.2) is 36.5 Å². The number of carbonyl (C=O) groups excluding carboxylic acids is 1. The third-order valence-corrected chi connectivity index (χ3v) is 3.59. The van der Waals surface area contributed by atoms with Crippen molar-refractivity contribution < 1.29 is 9.53 Å². The van der Waals surface area contributed by atoms with Gasteiger partial charge >= 0.3 is 0 Å². The normalized spacial score (nSPS) is 13.5. The van der Waals surface area contributed by atoms with Crippen molar-refractivity contribution in [1.29, 1.82) is 0 Å². The Morgan fingerprint density at radius 3 is 2.50 bits per heavy atom. The molecule has 1 aliphatic heterocycles. The van der Waals surface area contributed by atoms with Crippen molar-refractivity contribution in [2.24, 2.45) is 0 Å². The standard InChI is InChI=1S/C16H18N4O2.C2H2/c1-17-15-13(16(21)20-7-9-22-10-8-20)11-18-14(19-15)12-5-3-2-4-6-12;1-2/h2-6,11H,7-10H2,1H3,(H,17,18,19);1-2H. The SMILES string of the molecule is C#C.CNc1nc(-c2ccccc2)ncc1C(=O)N1CCOCC1. The molecule has 1 amide bonds. The Hall–Kier alpha value is -2.91. The van der Waals surface area contributed by atoms with Gasteiger partial charge in [0.15, 0.2) is 5.82 Å². The molecule has 1 N–H and O–H groups in total. The highest BCUT2D eigenvalue weighted by Gasteiger charge is 2.22. The Morgan fingerprint density at radius 2 is 1.88 bits per heavy atom. The molecule has 1 aliphatic rings. The average molecular weight is 324 g/mol. The molecule has 1 aromatic carbocycles. The summed E-state index contributed by atoms with van der Waals surface area (Å²) in [5.74, 6) is 1.08. The second-order valence-corrected chi connectivity index (χ2v) is 4.98. The van der Waals surface area contributed by atoms with E-state index >= 15 is 0 Å². The molecule has 0 atom stereocenters. The number of hydrogen-bond acceptors (Lipinski definition) is 5. The number of nitrogens with zero attached hydrogens (tertiary/aromatic N) is 3. The Labute approximate surface area is 141 Å². The van der Waals surface area contributed by atoms with Gasteiger partial charge in [-0.2, -0.15) is 0 Å². The van der Waals surface area contributed by atoms with Gasteiger partial charge in [-0.25, -0.2) is 9.97 Å². The Bertz CT molecular complexity index is 695. The fourth-order valence-corrected chi connectivity index (χ4v) is 2.39. The number of carbonyl (C=O) groups is 1. The smallest absolute Gasteiger partial charge is 0.259 e. The lowest BCUT2D eigenvalue weighted by Gasteiger charge is -2.27. The van der Waals surface area contributed by atoms with Crippen LogP contribution >= 0.6 is 0 Å². The molecule has 6 heteroatoms. The third kappa shape index (κ3) is 3.89. The van der Waals surface area contributed by atoms with Crippen molar-refractivity contribution in [2.75, 3.05) is 38.7 Å². The lowest BCUT2D eigenvalue weighted by Crippen LogP contribution is -2.41. The van der Waals surface area contributed by atoms with Crippen molar-refractivity contribution in [3.05, 3.63) is 42.1 Å². The molecule has 1 aromatic heterocycles. The first-order valence-corrected chi connectivity index (χ1v) is 7.60. The van der Waals surface area contributed by atoms with Gasteiger partial charge in [0.25, 0.3) is 5.91 Å². The molecule has 2 heterocycles. The second kappa shape index (κ2) is 8.65. The Kier molecular flexibility index (Phi) is 6.29. The lowest BCUT2D eigenvalue weighted by atomic mass is 10.2. The number of anilines is 1. The van der Waals surface area contributed by atoms with Crippen LogP contribution < -0.4 is 5.32 Å².